The maximum atomic E-state index is 9.31. The Hall–Kier alpha value is -2.64. The zero-order valence-electron chi connectivity index (χ0n) is 10.4. The summed E-state index contributed by atoms with van der Waals surface area (Å²) >= 11 is 6.25. The van der Waals surface area contributed by atoms with Crippen LogP contribution in [0.2, 0.25) is 5.15 Å². The van der Waals surface area contributed by atoms with Gasteiger partial charge in [0.05, 0.1) is 0 Å². The topological polar surface area (TPSA) is 54.5 Å². The minimum atomic E-state index is 0.269. The lowest BCUT2D eigenvalue weighted by molar-refractivity contribution is 0.851. The van der Waals surface area contributed by atoms with Crippen molar-refractivity contribution >= 4 is 11.6 Å². The largest absolute Gasteiger partial charge is 0.237 e. The van der Waals surface area contributed by atoms with Crippen molar-refractivity contribution in [3.05, 3.63) is 65.4 Å². The van der Waals surface area contributed by atoms with Gasteiger partial charge in [0.2, 0.25) is 0 Å². The van der Waals surface area contributed by atoms with Crippen molar-refractivity contribution in [2.75, 3.05) is 0 Å². The Morgan fingerprint density at radius 1 is 1.05 bits per heavy atom. The number of halogens is 1. The summed E-state index contributed by atoms with van der Waals surface area (Å²) in [7, 11) is 0. The van der Waals surface area contributed by atoms with E-state index in [0.29, 0.717) is 17.1 Å². The summed E-state index contributed by atoms with van der Waals surface area (Å²) in [6, 6.07) is 17.0. The Bertz CT molecular complexity index is 773. The SMILES string of the molecule is N#Cc1c(-c2ccccc2)nn(-c2ccccn2)c1Cl. The van der Waals surface area contributed by atoms with Crippen LogP contribution in [0.25, 0.3) is 17.1 Å². The molecule has 0 saturated carbocycles. The molecule has 2 heterocycles. The summed E-state index contributed by atoms with van der Waals surface area (Å²) in [4.78, 5) is 4.20. The lowest BCUT2D eigenvalue weighted by Gasteiger charge is -2.00. The average molecular weight is 281 g/mol. The number of nitrogens with zero attached hydrogens (tertiary/aromatic N) is 4. The van der Waals surface area contributed by atoms with Gasteiger partial charge >= 0.3 is 0 Å². The van der Waals surface area contributed by atoms with Crippen molar-refractivity contribution in [3.63, 3.8) is 0 Å². The minimum absolute atomic E-state index is 0.269. The Morgan fingerprint density at radius 2 is 1.80 bits per heavy atom. The highest BCUT2D eigenvalue weighted by molar-refractivity contribution is 6.31. The normalized spacial score (nSPS) is 10.2. The highest BCUT2D eigenvalue weighted by atomic mass is 35.5. The zero-order chi connectivity index (χ0) is 13.9. The third-order valence-corrected chi connectivity index (χ3v) is 3.20. The standard InChI is InChI=1S/C15H9ClN4/c16-15-12(10-17)14(11-6-2-1-3-7-11)19-20(15)13-8-4-5-9-18-13/h1-9H. The van der Waals surface area contributed by atoms with Gasteiger partial charge < -0.3 is 0 Å². The first-order valence-corrected chi connectivity index (χ1v) is 6.34. The van der Waals surface area contributed by atoms with Crippen molar-refractivity contribution in [1.82, 2.24) is 14.8 Å². The third kappa shape index (κ3) is 2.04. The van der Waals surface area contributed by atoms with Crippen molar-refractivity contribution in [2.24, 2.45) is 0 Å². The molecule has 0 fully saturated rings. The molecule has 0 aliphatic carbocycles. The molecule has 0 amide bonds. The molecule has 3 aromatic rings. The predicted molar refractivity (Wildman–Crippen MR) is 76.5 cm³/mol. The molecule has 0 N–H and O–H groups in total. The Morgan fingerprint density at radius 3 is 2.45 bits per heavy atom. The quantitative estimate of drug-likeness (QED) is 0.722. The van der Waals surface area contributed by atoms with E-state index >= 15 is 0 Å². The van der Waals surface area contributed by atoms with E-state index in [1.807, 2.05) is 42.5 Å². The molecule has 0 unspecified atom stereocenters. The molecular formula is C15H9ClN4. The van der Waals surface area contributed by atoms with Gasteiger partial charge in [-0.15, -0.1) is 0 Å². The van der Waals surface area contributed by atoms with E-state index in [-0.39, 0.29) is 5.15 Å². The molecule has 5 heteroatoms. The van der Waals surface area contributed by atoms with Crippen LogP contribution in [-0.2, 0) is 0 Å². The lowest BCUT2D eigenvalue weighted by Crippen LogP contribution is -1.98. The van der Waals surface area contributed by atoms with Gasteiger partial charge in [-0.05, 0) is 12.1 Å². The maximum Gasteiger partial charge on any atom is 0.155 e. The molecule has 0 saturated heterocycles. The molecule has 20 heavy (non-hydrogen) atoms. The summed E-state index contributed by atoms with van der Waals surface area (Å²) < 4.78 is 1.47. The Balaban J connectivity index is 2.22. The Kier molecular flexibility index (Phi) is 3.20. The number of nitriles is 1. The summed E-state index contributed by atoms with van der Waals surface area (Å²) in [5.41, 5.74) is 1.76. The molecule has 0 aliphatic heterocycles. The monoisotopic (exact) mass is 280 g/mol. The molecule has 3 rings (SSSR count). The molecule has 1 aromatic carbocycles. The van der Waals surface area contributed by atoms with E-state index in [2.05, 4.69) is 16.2 Å². The molecule has 0 bridgehead atoms. The zero-order valence-corrected chi connectivity index (χ0v) is 11.1. The summed E-state index contributed by atoms with van der Waals surface area (Å²) in [5, 5.41) is 14.0. The number of rotatable bonds is 2. The van der Waals surface area contributed by atoms with Crippen LogP contribution in [0.3, 0.4) is 0 Å². The smallest absolute Gasteiger partial charge is 0.155 e. The van der Waals surface area contributed by atoms with Crippen molar-refractivity contribution < 1.29 is 0 Å². The van der Waals surface area contributed by atoms with Crippen LogP contribution in [0.4, 0.5) is 0 Å². The summed E-state index contributed by atoms with van der Waals surface area (Å²) in [6.07, 6.45) is 1.65. The fourth-order valence-electron chi connectivity index (χ4n) is 1.93. The molecule has 0 radical (unpaired) electrons. The molecule has 2 aromatic heterocycles. The average Bonchev–Trinajstić information content (AvgIpc) is 2.86. The van der Waals surface area contributed by atoms with Crippen LogP contribution in [0.5, 0.6) is 0 Å². The van der Waals surface area contributed by atoms with Crippen LogP contribution in [0.15, 0.2) is 54.7 Å². The summed E-state index contributed by atoms with van der Waals surface area (Å²) in [6.45, 7) is 0. The molecule has 0 spiro atoms. The fourth-order valence-corrected chi connectivity index (χ4v) is 2.18. The van der Waals surface area contributed by atoms with Crippen molar-refractivity contribution in [2.45, 2.75) is 0 Å². The van der Waals surface area contributed by atoms with Crippen molar-refractivity contribution in [3.8, 4) is 23.1 Å². The molecule has 0 aliphatic rings. The maximum absolute atomic E-state index is 9.31. The van der Waals surface area contributed by atoms with E-state index in [1.165, 1.54) is 4.68 Å². The van der Waals surface area contributed by atoms with Crippen LogP contribution in [0, 0.1) is 11.3 Å². The van der Waals surface area contributed by atoms with Crippen molar-refractivity contribution in [1.29, 1.82) is 5.26 Å². The van der Waals surface area contributed by atoms with E-state index in [0.717, 1.165) is 5.56 Å². The molecule has 4 nitrogen and oxygen atoms in total. The highest BCUT2D eigenvalue weighted by Crippen LogP contribution is 2.29. The van der Waals surface area contributed by atoms with E-state index in [9.17, 15) is 5.26 Å². The van der Waals surface area contributed by atoms with Gasteiger partial charge in [0.25, 0.3) is 0 Å². The van der Waals surface area contributed by atoms with Gasteiger partial charge in [0, 0.05) is 11.8 Å². The number of aromatic nitrogens is 3. The minimum Gasteiger partial charge on any atom is -0.237 e. The third-order valence-electron chi connectivity index (χ3n) is 2.85. The van der Waals surface area contributed by atoms with Gasteiger partial charge in [0.15, 0.2) is 11.0 Å². The molecule has 0 atom stereocenters. The van der Waals surface area contributed by atoms with Crippen LogP contribution in [-0.4, -0.2) is 14.8 Å². The van der Waals surface area contributed by atoms with Gasteiger partial charge in [-0.1, -0.05) is 48.0 Å². The highest BCUT2D eigenvalue weighted by Gasteiger charge is 2.18. The first-order chi connectivity index (χ1) is 9.81. The van der Waals surface area contributed by atoms with Crippen LogP contribution >= 0.6 is 11.6 Å². The predicted octanol–water partition coefficient (Wildman–Crippen LogP) is 3.46. The Labute approximate surface area is 120 Å². The number of hydrogen-bond acceptors (Lipinski definition) is 3. The van der Waals surface area contributed by atoms with Gasteiger partial charge in [0.1, 0.15) is 17.3 Å². The van der Waals surface area contributed by atoms with Gasteiger partial charge in [-0.25, -0.2) is 9.67 Å². The van der Waals surface area contributed by atoms with Crippen LogP contribution in [0.1, 0.15) is 5.56 Å². The lowest BCUT2D eigenvalue weighted by atomic mass is 10.1. The molecular weight excluding hydrogens is 272 g/mol. The van der Waals surface area contributed by atoms with E-state index in [1.54, 1.807) is 12.3 Å². The fraction of sp³-hybridized carbons (Fsp3) is 0. The second kappa shape index (κ2) is 5.16. The van der Waals surface area contributed by atoms with Gasteiger partial charge in [-0.3, -0.25) is 0 Å². The molecule has 96 valence electrons. The number of pyridine rings is 1. The van der Waals surface area contributed by atoms with Gasteiger partial charge in [-0.2, -0.15) is 10.4 Å². The second-order valence-electron chi connectivity index (χ2n) is 4.09. The van der Waals surface area contributed by atoms with E-state index < -0.39 is 0 Å². The first-order valence-electron chi connectivity index (χ1n) is 5.96. The summed E-state index contributed by atoms with van der Waals surface area (Å²) in [5.74, 6) is 0.580. The number of benzene rings is 1. The van der Waals surface area contributed by atoms with E-state index in [4.69, 9.17) is 11.6 Å². The van der Waals surface area contributed by atoms with Crippen LogP contribution < -0.4 is 0 Å². The first kappa shape index (κ1) is 12.4. The second-order valence-corrected chi connectivity index (χ2v) is 4.45. The number of hydrogen-bond donors (Lipinski definition) is 0.